The zero-order valence-corrected chi connectivity index (χ0v) is 11.8. The van der Waals surface area contributed by atoms with Crippen LogP contribution in [-0.4, -0.2) is 13.2 Å². The molecule has 0 aromatic heterocycles. The monoisotopic (exact) mass is 228 g/mol. The average molecular weight is 228 g/mol. The molecule has 0 aliphatic heterocycles. The summed E-state index contributed by atoms with van der Waals surface area (Å²) in [4.78, 5) is 0. The van der Waals surface area contributed by atoms with Crippen molar-refractivity contribution in [3.63, 3.8) is 0 Å². The van der Waals surface area contributed by atoms with Crippen LogP contribution >= 0.6 is 0 Å². The highest BCUT2D eigenvalue weighted by Crippen LogP contribution is 2.20. The summed E-state index contributed by atoms with van der Waals surface area (Å²) in [6, 6.07) is 0. The summed E-state index contributed by atoms with van der Waals surface area (Å²) in [5.74, 6) is 0.920. The van der Waals surface area contributed by atoms with E-state index in [1.165, 1.54) is 57.8 Å². The molecule has 0 radical (unpaired) electrons. The molecule has 0 aliphatic rings. The van der Waals surface area contributed by atoms with E-state index >= 15 is 0 Å². The number of ether oxygens (including phenoxy) is 1. The number of hydrogen-bond acceptors (Lipinski definition) is 1. The number of unbranched alkanes of at least 4 members (excludes halogenated alkanes) is 4. The summed E-state index contributed by atoms with van der Waals surface area (Å²) in [5, 5.41) is 0. The van der Waals surface area contributed by atoms with Gasteiger partial charge in [0.05, 0.1) is 0 Å². The van der Waals surface area contributed by atoms with Gasteiger partial charge in [0, 0.05) is 13.2 Å². The Morgan fingerprint density at radius 1 is 0.750 bits per heavy atom. The maximum absolute atomic E-state index is 5.47. The number of rotatable bonds is 12. The fraction of sp³-hybridized carbons (Fsp3) is 1.00. The molecular weight excluding hydrogens is 196 g/mol. The molecule has 1 atom stereocenters. The van der Waals surface area contributed by atoms with Gasteiger partial charge in [-0.25, -0.2) is 0 Å². The van der Waals surface area contributed by atoms with Crippen LogP contribution in [0.5, 0.6) is 0 Å². The van der Waals surface area contributed by atoms with Crippen LogP contribution in [0.1, 0.15) is 78.6 Å². The Labute approximate surface area is 103 Å². The lowest BCUT2D eigenvalue weighted by atomic mass is 9.92. The summed E-state index contributed by atoms with van der Waals surface area (Å²) in [6.07, 6.45) is 12.4. The Morgan fingerprint density at radius 3 is 2.06 bits per heavy atom. The molecule has 0 aromatic carbocycles. The molecule has 16 heavy (non-hydrogen) atoms. The second kappa shape index (κ2) is 13.0. The molecule has 0 amide bonds. The molecule has 1 nitrogen and oxygen atoms in total. The number of hydrogen-bond donors (Lipinski definition) is 0. The van der Waals surface area contributed by atoms with E-state index in [9.17, 15) is 0 Å². The first kappa shape index (κ1) is 16.0. The van der Waals surface area contributed by atoms with Crippen molar-refractivity contribution in [2.24, 2.45) is 5.92 Å². The maximum atomic E-state index is 5.47. The fourth-order valence-corrected chi connectivity index (χ4v) is 2.18. The van der Waals surface area contributed by atoms with Gasteiger partial charge in [-0.2, -0.15) is 0 Å². The van der Waals surface area contributed by atoms with Crippen LogP contribution in [0.2, 0.25) is 0 Å². The predicted octanol–water partition coefficient (Wildman–Crippen LogP) is 5.19. The second-order valence-electron chi connectivity index (χ2n) is 4.84. The second-order valence-corrected chi connectivity index (χ2v) is 4.84. The van der Waals surface area contributed by atoms with Gasteiger partial charge in [0.1, 0.15) is 0 Å². The van der Waals surface area contributed by atoms with Crippen molar-refractivity contribution >= 4 is 0 Å². The lowest BCUT2D eigenvalue weighted by Crippen LogP contribution is -2.06. The van der Waals surface area contributed by atoms with Crippen molar-refractivity contribution in [3.05, 3.63) is 0 Å². The molecule has 0 spiro atoms. The summed E-state index contributed by atoms with van der Waals surface area (Å²) < 4.78 is 5.47. The van der Waals surface area contributed by atoms with Crippen LogP contribution in [0, 0.1) is 5.92 Å². The third-order valence-electron chi connectivity index (χ3n) is 3.31. The average Bonchev–Trinajstić information content (AvgIpc) is 2.31. The lowest BCUT2D eigenvalue weighted by Gasteiger charge is -2.16. The molecule has 0 rings (SSSR count). The van der Waals surface area contributed by atoms with Crippen molar-refractivity contribution in [2.75, 3.05) is 13.2 Å². The van der Waals surface area contributed by atoms with Gasteiger partial charge in [-0.1, -0.05) is 65.2 Å². The SMILES string of the molecule is CCCCCCC(CCCC)CCOCC. The van der Waals surface area contributed by atoms with Gasteiger partial charge in [-0.05, 0) is 19.3 Å². The largest absolute Gasteiger partial charge is 0.382 e. The zero-order valence-electron chi connectivity index (χ0n) is 11.8. The van der Waals surface area contributed by atoms with Crippen LogP contribution in [0.15, 0.2) is 0 Å². The van der Waals surface area contributed by atoms with Crippen molar-refractivity contribution in [1.29, 1.82) is 0 Å². The van der Waals surface area contributed by atoms with E-state index < -0.39 is 0 Å². The van der Waals surface area contributed by atoms with E-state index in [0.29, 0.717) is 0 Å². The molecule has 98 valence electrons. The lowest BCUT2D eigenvalue weighted by molar-refractivity contribution is 0.128. The Balaban J connectivity index is 3.54. The highest BCUT2D eigenvalue weighted by molar-refractivity contribution is 4.60. The van der Waals surface area contributed by atoms with E-state index in [2.05, 4.69) is 20.8 Å². The molecule has 0 fully saturated rings. The smallest absolute Gasteiger partial charge is 0.0468 e. The van der Waals surface area contributed by atoms with Crippen molar-refractivity contribution in [1.82, 2.24) is 0 Å². The molecule has 0 aliphatic carbocycles. The summed E-state index contributed by atoms with van der Waals surface area (Å²) in [5.41, 5.74) is 0. The zero-order chi connectivity index (χ0) is 12.1. The minimum Gasteiger partial charge on any atom is -0.382 e. The maximum Gasteiger partial charge on any atom is 0.0468 e. The molecule has 0 N–H and O–H groups in total. The van der Waals surface area contributed by atoms with Crippen LogP contribution in [-0.2, 0) is 4.74 Å². The molecule has 1 heteroatoms. The quantitative estimate of drug-likeness (QED) is 0.418. The molecular formula is C15H32O. The van der Waals surface area contributed by atoms with Crippen LogP contribution in [0.25, 0.3) is 0 Å². The van der Waals surface area contributed by atoms with E-state index in [1.807, 2.05) is 0 Å². The highest BCUT2D eigenvalue weighted by Gasteiger charge is 2.07. The Morgan fingerprint density at radius 2 is 1.44 bits per heavy atom. The van der Waals surface area contributed by atoms with E-state index in [4.69, 9.17) is 4.74 Å². The summed E-state index contributed by atoms with van der Waals surface area (Å²) in [7, 11) is 0. The van der Waals surface area contributed by atoms with Crippen LogP contribution < -0.4 is 0 Å². The molecule has 0 saturated heterocycles. The third kappa shape index (κ3) is 10.5. The van der Waals surface area contributed by atoms with E-state index in [-0.39, 0.29) is 0 Å². The van der Waals surface area contributed by atoms with Gasteiger partial charge in [0.2, 0.25) is 0 Å². The highest BCUT2D eigenvalue weighted by atomic mass is 16.5. The summed E-state index contributed by atoms with van der Waals surface area (Å²) in [6.45, 7) is 8.50. The minimum absolute atomic E-state index is 0.871. The van der Waals surface area contributed by atoms with E-state index in [1.54, 1.807) is 0 Å². The van der Waals surface area contributed by atoms with Crippen LogP contribution in [0.3, 0.4) is 0 Å². The third-order valence-corrected chi connectivity index (χ3v) is 3.31. The van der Waals surface area contributed by atoms with Gasteiger partial charge in [-0.15, -0.1) is 0 Å². The Hall–Kier alpha value is -0.0400. The summed E-state index contributed by atoms with van der Waals surface area (Å²) >= 11 is 0. The van der Waals surface area contributed by atoms with Gasteiger partial charge in [-0.3, -0.25) is 0 Å². The van der Waals surface area contributed by atoms with Gasteiger partial charge in [0.15, 0.2) is 0 Å². The predicted molar refractivity (Wildman–Crippen MR) is 72.9 cm³/mol. The minimum atomic E-state index is 0.871. The van der Waals surface area contributed by atoms with E-state index in [0.717, 1.165) is 19.1 Å². The fourth-order valence-electron chi connectivity index (χ4n) is 2.18. The van der Waals surface area contributed by atoms with Gasteiger partial charge >= 0.3 is 0 Å². The molecule has 0 aromatic rings. The normalized spacial score (nSPS) is 12.9. The molecule has 1 unspecified atom stereocenters. The van der Waals surface area contributed by atoms with Crippen LogP contribution in [0.4, 0.5) is 0 Å². The van der Waals surface area contributed by atoms with Gasteiger partial charge in [0.25, 0.3) is 0 Å². The molecule has 0 saturated carbocycles. The Bertz CT molecular complexity index is 123. The van der Waals surface area contributed by atoms with Gasteiger partial charge < -0.3 is 4.74 Å². The first-order chi connectivity index (χ1) is 7.85. The van der Waals surface area contributed by atoms with Crippen molar-refractivity contribution in [2.45, 2.75) is 78.6 Å². The standard InChI is InChI=1S/C15H32O/c1-4-7-9-10-12-15(11-8-5-2)13-14-16-6-3/h15H,4-14H2,1-3H3. The van der Waals surface area contributed by atoms with Crippen molar-refractivity contribution in [3.8, 4) is 0 Å². The Kier molecular flexibility index (Phi) is 13.0. The first-order valence-corrected chi connectivity index (χ1v) is 7.42. The first-order valence-electron chi connectivity index (χ1n) is 7.42. The molecule has 0 heterocycles. The molecule has 0 bridgehead atoms. The van der Waals surface area contributed by atoms with Crippen molar-refractivity contribution < 1.29 is 4.74 Å². The topological polar surface area (TPSA) is 9.23 Å².